The first-order chi connectivity index (χ1) is 32.2. The summed E-state index contributed by atoms with van der Waals surface area (Å²) >= 11 is 0. The van der Waals surface area contributed by atoms with E-state index < -0.39 is 58.1 Å². The number of rotatable bonds is 5. The molecule has 68 heavy (non-hydrogen) atoms. The monoisotopic (exact) mass is 934 g/mol. The van der Waals surface area contributed by atoms with Gasteiger partial charge in [0.15, 0.2) is 0 Å². The summed E-state index contributed by atoms with van der Waals surface area (Å²) < 4.78 is 173. The number of nitrogens with zero attached hydrogens (tertiary/aromatic N) is 4. The van der Waals surface area contributed by atoms with Crippen LogP contribution in [0.4, 0.5) is 52.7 Å². The number of halogens is 12. The maximum absolute atomic E-state index is 14.6. The molecule has 3 aromatic heterocycles. The van der Waals surface area contributed by atoms with E-state index in [1.807, 2.05) is 0 Å². The third-order valence-corrected chi connectivity index (χ3v) is 11.9. The minimum Gasteiger partial charge on any atom is -0.307 e. The highest BCUT2D eigenvalue weighted by Crippen LogP contribution is 2.47. The standard InChI is InChI=1S/C52H26F12N4/c53-49(54,55)32-14-18-34(40(23-32)51(59,60)61)29-12-16-38-36-8-1-3-10-42(36)67(44(38)21-29)46-26-66-27-47(48(46)31-7-5-6-28(20-31)25-65)68-43-11-4-2-9-37(43)39-17-13-30(22-45(39)68)35-19-15-33(50(56,57)58)24-41(35)52(62,63)64/h1-24,26-27H. The number of para-hydroxylation sites is 2. The number of hydrogen-bond donors (Lipinski definition) is 0. The fourth-order valence-electron chi connectivity index (χ4n) is 9.03. The number of hydrogen-bond acceptors (Lipinski definition) is 2. The molecule has 0 amide bonds. The van der Waals surface area contributed by atoms with Gasteiger partial charge >= 0.3 is 24.7 Å². The van der Waals surface area contributed by atoms with Crippen LogP contribution in [-0.4, -0.2) is 14.1 Å². The second kappa shape index (κ2) is 15.5. The van der Waals surface area contributed by atoms with E-state index in [0.29, 0.717) is 78.2 Å². The highest BCUT2D eigenvalue weighted by Gasteiger charge is 2.40. The molecule has 0 aliphatic carbocycles. The molecule has 0 radical (unpaired) electrons. The predicted molar refractivity (Wildman–Crippen MR) is 234 cm³/mol. The Labute approximate surface area is 376 Å². The van der Waals surface area contributed by atoms with Crippen LogP contribution in [-0.2, 0) is 24.7 Å². The molecule has 0 spiro atoms. The molecule has 0 unspecified atom stereocenters. The molecule has 0 fully saturated rings. The molecule has 0 aliphatic rings. The SMILES string of the molecule is N#Cc1cccc(-c2c(-n3c4ccccc4c4ccc(-c5ccc(C(F)(F)F)cc5C(F)(F)F)cc43)cncc2-n2c3ccccc3c3ccc(-c4ccc(C(F)(F)F)cc4C(F)(F)F)cc32)c1. The van der Waals surface area contributed by atoms with E-state index in [9.17, 15) is 57.9 Å². The number of fused-ring (bicyclic) bond motifs is 6. The van der Waals surface area contributed by atoms with Crippen molar-refractivity contribution in [3.8, 4) is 50.8 Å². The first kappa shape index (κ1) is 43.8. The van der Waals surface area contributed by atoms with Gasteiger partial charge in [-0.1, -0.05) is 84.9 Å². The molecular formula is C52H26F12N4. The summed E-state index contributed by atoms with van der Waals surface area (Å²) in [5, 5.41) is 12.5. The van der Waals surface area contributed by atoms with Crippen LogP contribution >= 0.6 is 0 Å². The quantitative estimate of drug-likeness (QED) is 0.161. The highest BCUT2D eigenvalue weighted by molar-refractivity contribution is 6.13. The molecule has 0 bridgehead atoms. The first-order valence-corrected chi connectivity index (χ1v) is 20.4. The Bertz CT molecular complexity index is 3500. The Hall–Kier alpha value is -8.06. The van der Waals surface area contributed by atoms with Gasteiger partial charge < -0.3 is 9.13 Å². The van der Waals surface area contributed by atoms with Crippen LogP contribution in [0.3, 0.4) is 0 Å². The van der Waals surface area contributed by atoms with Gasteiger partial charge in [-0.2, -0.15) is 57.9 Å². The number of pyridine rings is 1. The van der Waals surface area contributed by atoms with E-state index in [-0.39, 0.29) is 28.8 Å². The van der Waals surface area contributed by atoms with Crippen LogP contribution in [0.25, 0.3) is 88.4 Å². The molecule has 10 aromatic rings. The first-order valence-electron chi connectivity index (χ1n) is 20.4. The van der Waals surface area contributed by atoms with Crippen molar-refractivity contribution >= 4 is 43.6 Å². The van der Waals surface area contributed by atoms with Gasteiger partial charge in [0.05, 0.1) is 79.7 Å². The van der Waals surface area contributed by atoms with Crippen molar-refractivity contribution in [3.63, 3.8) is 0 Å². The van der Waals surface area contributed by atoms with Crippen LogP contribution in [0.5, 0.6) is 0 Å². The summed E-state index contributed by atoms with van der Waals surface area (Å²) in [5.74, 6) is 0. The summed E-state index contributed by atoms with van der Waals surface area (Å²) in [6, 6.07) is 34.3. The van der Waals surface area contributed by atoms with Crippen molar-refractivity contribution < 1.29 is 52.7 Å². The number of nitriles is 1. The van der Waals surface area contributed by atoms with Gasteiger partial charge in [-0.15, -0.1) is 0 Å². The zero-order valence-corrected chi connectivity index (χ0v) is 34.3. The lowest BCUT2D eigenvalue weighted by molar-refractivity contribution is -0.144. The van der Waals surface area contributed by atoms with Gasteiger partial charge in [-0.3, -0.25) is 4.98 Å². The van der Waals surface area contributed by atoms with Gasteiger partial charge in [-0.05, 0) is 88.5 Å². The molecule has 0 aliphatic heterocycles. The van der Waals surface area contributed by atoms with Crippen LogP contribution in [0, 0.1) is 11.3 Å². The van der Waals surface area contributed by atoms with Crippen LogP contribution < -0.4 is 0 Å². The second-order valence-corrected chi connectivity index (χ2v) is 15.9. The minimum absolute atomic E-state index is 0.0591. The molecular weight excluding hydrogens is 909 g/mol. The Morgan fingerprint density at radius 1 is 0.397 bits per heavy atom. The van der Waals surface area contributed by atoms with Crippen LogP contribution in [0.1, 0.15) is 27.8 Å². The largest absolute Gasteiger partial charge is 0.417 e. The fraction of sp³-hybridized carbons (Fsp3) is 0.0769. The third-order valence-electron chi connectivity index (χ3n) is 11.9. The molecule has 16 heteroatoms. The number of aromatic nitrogens is 3. The van der Waals surface area contributed by atoms with Crippen molar-refractivity contribution in [3.05, 3.63) is 186 Å². The van der Waals surface area contributed by atoms with Crippen molar-refractivity contribution in [1.29, 1.82) is 5.26 Å². The molecule has 338 valence electrons. The van der Waals surface area contributed by atoms with E-state index in [2.05, 4.69) is 11.1 Å². The van der Waals surface area contributed by atoms with E-state index in [1.165, 1.54) is 36.7 Å². The maximum atomic E-state index is 14.6. The van der Waals surface area contributed by atoms with Crippen molar-refractivity contribution in [1.82, 2.24) is 14.1 Å². The lowest BCUT2D eigenvalue weighted by Crippen LogP contribution is -2.12. The molecule has 7 aromatic carbocycles. The van der Waals surface area contributed by atoms with Gasteiger partial charge in [0.2, 0.25) is 0 Å². The fourth-order valence-corrected chi connectivity index (χ4v) is 9.03. The Kier molecular flexibility index (Phi) is 9.99. The lowest BCUT2D eigenvalue weighted by Gasteiger charge is -2.20. The van der Waals surface area contributed by atoms with Crippen LogP contribution in [0.2, 0.25) is 0 Å². The summed E-state index contributed by atoms with van der Waals surface area (Å²) in [6.45, 7) is 0. The van der Waals surface area contributed by atoms with Crippen LogP contribution in [0.15, 0.2) is 158 Å². The molecule has 3 heterocycles. The molecule has 0 N–H and O–H groups in total. The van der Waals surface area contributed by atoms with Gasteiger partial charge in [-0.25, -0.2) is 0 Å². The Morgan fingerprint density at radius 2 is 0.838 bits per heavy atom. The normalized spacial score (nSPS) is 12.7. The molecule has 4 nitrogen and oxygen atoms in total. The Morgan fingerprint density at radius 3 is 1.26 bits per heavy atom. The molecule has 10 rings (SSSR count). The van der Waals surface area contributed by atoms with E-state index in [0.717, 1.165) is 12.1 Å². The lowest BCUT2D eigenvalue weighted by atomic mass is 9.95. The van der Waals surface area contributed by atoms with E-state index in [4.69, 9.17) is 0 Å². The zero-order valence-electron chi connectivity index (χ0n) is 34.3. The van der Waals surface area contributed by atoms with Crippen molar-refractivity contribution in [2.75, 3.05) is 0 Å². The molecule has 0 atom stereocenters. The predicted octanol–water partition coefficient (Wildman–Crippen LogP) is 16.2. The minimum atomic E-state index is -5.18. The summed E-state index contributed by atoms with van der Waals surface area (Å²) in [5.41, 5.74) is -3.73. The summed E-state index contributed by atoms with van der Waals surface area (Å²) in [7, 11) is 0. The molecule has 0 saturated heterocycles. The maximum Gasteiger partial charge on any atom is 0.417 e. The second-order valence-electron chi connectivity index (χ2n) is 15.9. The average Bonchev–Trinajstić information content (AvgIpc) is 3.81. The van der Waals surface area contributed by atoms with Crippen molar-refractivity contribution in [2.24, 2.45) is 0 Å². The smallest absolute Gasteiger partial charge is 0.307 e. The molecule has 0 saturated carbocycles. The third kappa shape index (κ3) is 7.34. The zero-order chi connectivity index (χ0) is 48.1. The van der Waals surface area contributed by atoms with Crippen molar-refractivity contribution in [2.45, 2.75) is 24.7 Å². The summed E-state index contributed by atoms with van der Waals surface area (Å²) in [4.78, 5) is 4.65. The highest BCUT2D eigenvalue weighted by atomic mass is 19.4. The van der Waals surface area contributed by atoms with Gasteiger partial charge in [0.1, 0.15) is 0 Å². The van der Waals surface area contributed by atoms with Gasteiger partial charge in [0, 0.05) is 27.1 Å². The van der Waals surface area contributed by atoms with E-state index in [1.54, 1.807) is 94.1 Å². The average molecular weight is 935 g/mol. The Balaban J connectivity index is 1.29. The van der Waals surface area contributed by atoms with E-state index >= 15 is 0 Å². The topological polar surface area (TPSA) is 46.5 Å². The van der Waals surface area contributed by atoms with Gasteiger partial charge in [0.25, 0.3) is 0 Å². The number of alkyl halides is 12. The summed E-state index contributed by atoms with van der Waals surface area (Å²) in [6.07, 6.45) is -17.5. The number of benzene rings is 7.